The number of thiol groups is 1. The number of halogens is 2. The minimum absolute atomic E-state index is 1.06. The molecular formula is C36H74Cl2SSi. The maximum atomic E-state index is 6.16. The van der Waals surface area contributed by atoms with Gasteiger partial charge in [-0.15, -0.1) is 22.2 Å². The van der Waals surface area contributed by atoms with Crippen molar-refractivity contribution in [3.05, 3.63) is 0 Å². The molecule has 0 aliphatic heterocycles. The zero-order valence-electron chi connectivity index (χ0n) is 27.5. The Labute approximate surface area is 270 Å². The average Bonchev–Trinajstić information content (AvgIpc) is 2.92. The molecule has 4 heteroatoms. The molecule has 0 aromatic heterocycles. The van der Waals surface area contributed by atoms with E-state index in [9.17, 15) is 0 Å². The summed E-state index contributed by atoms with van der Waals surface area (Å²) in [6.07, 6.45) is 47.7. The maximum Gasteiger partial charge on any atom is 0.248 e. The monoisotopic (exact) mass is 636 g/mol. The van der Waals surface area contributed by atoms with Crippen LogP contribution in [0.4, 0.5) is 0 Å². The molecule has 0 bridgehead atoms. The molecule has 40 heavy (non-hydrogen) atoms. The van der Waals surface area contributed by atoms with Gasteiger partial charge in [0.15, 0.2) is 0 Å². The molecule has 0 atom stereocenters. The Balaban J connectivity index is 3.04. The number of hydrogen-bond acceptors (Lipinski definition) is 1. The highest BCUT2D eigenvalue weighted by atomic mass is 35.7. The fourth-order valence-corrected chi connectivity index (χ4v) is 7.92. The Morgan fingerprint density at radius 1 is 0.300 bits per heavy atom. The van der Waals surface area contributed by atoms with Gasteiger partial charge in [0.1, 0.15) is 0 Å². The molecule has 0 unspecified atom stereocenters. The zero-order valence-corrected chi connectivity index (χ0v) is 30.9. The summed E-state index contributed by atoms with van der Waals surface area (Å²) in [5.74, 6) is 1.07. The molecule has 0 amide bonds. The second-order valence-electron chi connectivity index (χ2n) is 13.2. The van der Waals surface area contributed by atoms with Crippen LogP contribution in [-0.4, -0.2) is 12.4 Å². The molecule has 0 spiro atoms. The Hall–Kier alpha value is 1.15. The van der Waals surface area contributed by atoms with Gasteiger partial charge in [0.25, 0.3) is 0 Å². The van der Waals surface area contributed by atoms with E-state index >= 15 is 0 Å². The van der Waals surface area contributed by atoms with Gasteiger partial charge in [-0.1, -0.05) is 205 Å². The van der Waals surface area contributed by atoms with Gasteiger partial charge in [0, 0.05) is 0 Å². The van der Waals surface area contributed by atoms with E-state index in [4.69, 9.17) is 22.2 Å². The second-order valence-corrected chi connectivity index (χ2v) is 21.9. The number of rotatable bonds is 35. The number of hydrogen-bond donors (Lipinski definition) is 1. The fourth-order valence-electron chi connectivity index (χ4n) is 6.03. The quantitative estimate of drug-likeness (QED) is 0.0304. The minimum Gasteiger partial charge on any atom is -0.179 e. The van der Waals surface area contributed by atoms with Gasteiger partial charge < -0.3 is 0 Å². The van der Waals surface area contributed by atoms with Crippen molar-refractivity contribution in [2.45, 2.75) is 224 Å². The Kier molecular flexibility index (Phi) is 35.6. The predicted molar refractivity (Wildman–Crippen MR) is 194 cm³/mol. The van der Waals surface area contributed by atoms with Gasteiger partial charge >= 0.3 is 0 Å². The van der Waals surface area contributed by atoms with E-state index in [1.807, 2.05) is 6.55 Å². The molecule has 0 saturated carbocycles. The SMILES string of the molecule is C[Si](Cl)(Cl)CCCCCCCCCCCCCCCCCCCCCCCCCCCCCCCCCCCS. The molecule has 0 N–H and O–H groups in total. The van der Waals surface area contributed by atoms with Gasteiger partial charge in [-0.25, -0.2) is 0 Å². The molecule has 0 radical (unpaired) electrons. The molecule has 0 rings (SSSR count). The predicted octanol–water partition coefficient (Wildman–Crippen LogP) is 15.3. The highest BCUT2D eigenvalue weighted by Gasteiger charge is 2.19. The van der Waals surface area contributed by atoms with Crippen LogP contribution in [0.1, 0.15) is 212 Å². The van der Waals surface area contributed by atoms with Crippen LogP contribution in [0, 0.1) is 0 Å². The highest BCUT2D eigenvalue weighted by molar-refractivity contribution is 7.80. The van der Waals surface area contributed by atoms with Crippen molar-refractivity contribution in [3.8, 4) is 0 Å². The van der Waals surface area contributed by atoms with Crippen LogP contribution in [0.3, 0.4) is 0 Å². The first-order valence-corrected chi connectivity index (χ1v) is 23.9. The molecular weight excluding hydrogens is 563 g/mol. The lowest BCUT2D eigenvalue weighted by Crippen LogP contribution is -2.11. The van der Waals surface area contributed by atoms with Crippen molar-refractivity contribution in [2.75, 3.05) is 5.75 Å². The molecule has 242 valence electrons. The van der Waals surface area contributed by atoms with E-state index in [2.05, 4.69) is 12.6 Å². The summed E-state index contributed by atoms with van der Waals surface area (Å²) in [5, 5.41) is 0. The molecule has 0 nitrogen and oxygen atoms in total. The van der Waals surface area contributed by atoms with E-state index in [-0.39, 0.29) is 0 Å². The summed E-state index contributed by atoms with van der Waals surface area (Å²) < 4.78 is 0. The minimum atomic E-state index is -1.84. The van der Waals surface area contributed by atoms with Gasteiger partial charge in [0.05, 0.1) is 0 Å². The van der Waals surface area contributed by atoms with Crippen LogP contribution < -0.4 is 0 Å². The standard InChI is InChI=1S/C36H74Cl2SSi/c1-40(37,38)36-34-32-30-28-26-24-22-20-18-16-14-12-10-8-6-4-2-3-5-7-9-11-13-15-17-19-21-23-25-27-29-31-33-35-39/h39H,2-36H2,1H3. The smallest absolute Gasteiger partial charge is 0.179 e. The van der Waals surface area contributed by atoms with Gasteiger partial charge in [0.2, 0.25) is 6.69 Å². The number of unbranched alkanes of at least 4 members (excludes halogenated alkanes) is 32. The third-order valence-electron chi connectivity index (χ3n) is 8.77. The lowest BCUT2D eigenvalue weighted by atomic mass is 10.0. The van der Waals surface area contributed by atoms with E-state index in [0.717, 1.165) is 11.8 Å². The lowest BCUT2D eigenvalue weighted by molar-refractivity contribution is 0.512. The lowest BCUT2D eigenvalue weighted by Gasteiger charge is -2.09. The van der Waals surface area contributed by atoms with E-state index < -0.39 is 6.69 Å². The van der Waals surface area contributed by atoms with Crippen molar-refractivity contribution in [1.82, 2.24) is 0 Å². The normalized spacial score (nSPS) is 12.0. The summed E-state index contributed by atoms with van der Waals surface area (Å²) >= 11 is 16.6. The molecule has 0 aliphatic carbocycles. The molecule has 0 saturated heterocycles. The first kappa shape index (κ1) is 41.1. The first-order valence-electron chi connectivity index (χ1n) is 18.5. The van der Waals surface area contributed by atoms with Crippen molar-refractivity contribution >= 4 is 41.5 Å². The summed E-state index contributed by atoms with van der Waals surface area (Å²) in [6, 6.07) is 1.06. The van der Waals surface area contributed by atoms with Gasteiger partial charge in [-0.3, -0.25) is 0 Å². The van der Waals surface area contributed by atoms with Crippen molar-refractivity contribution in [3.63, 3.8) is 0 Å². The largest absolute Gasteiger partial charge is 0.248 e. The van der Waals surface area contributed by atoms with Crippen molar-refractivity contribution in [1.29, 1.82) is 0 Å². The van der Waals surface area contributed by atoms with Crippen LogP contribution in [0.5, 0.6) is 0 Å². The van der Waals surface area contributed by atoms with Crippen molar-refractivity contribution < 1.29 is 0 Å². The second kappa shape index (κ2) is 34.6. The fraction of sp³-hybridized carbons (Fsp3) is 1.00. The van der Waals surface area contributed by atoms with E-state index in [0.29, 0.717) is 0 Å². The highest BCUT2D eigenvalue weighted by Crippen LogP contribution is 2.23. The van der Waals surface area contributed by atoms with Crippen LogP contribution in [0.15, 0.2) is 0 Å². The van der Waals surface area contributed by atoms with Gasteiger partial charge in [-0.2, -0.15) is 12.6 Å². The maximum absolute atomic E-state index is 6.16. The molecule has 0 aromatic rings. The molecule has 0 aromatic carbocycles. The summed E-state index contributed by atoms with van der Waals surface area (Å²) in [4.78, 5) is 0. The van der Waals surface area contributed by atoms with Gasteiger partial charge in [-0.05, 0) is 24.8 Å². The van der Waals surface area contributed by atoms with Crippen LogP contribution >= 0.6 is 34.8 Å². The zero-order chi connectivity index (χ0) is 29.2. The van der Waals surface area contributed by atoms with E-state index in [1.54, 1.807) is 0 Å². The van der Waals surface area contributed by atoms with Crippen LogP contribution in [0.2, 0.25) is 12.6 Å². The molecule has 0 heterocycles. The Morgan fingerprint density at radius 3 is 0.600 bits per heavy atom. The topological polar surface area (TPSA) is 0 Å². The molecule has 0 aliphatic rings. The third-order valence-corrected chi connectivity index (χ3v) is 11.5. The van der Waals surface area contributed by atoms with Crippen LogP contribution in [-0.2, 0) is 0 Å². The Morgan fingerprint density at radius 2 is 0.450 bits per heavy atom. The van der Waals surface area contributed by atoms with Crippen LogP contribution in [0.25, 0.3) is 0 Å². The third kappa shape index (κ3) is 39.1. The summed E-state index contributed by atoms with van der Waals surface area (Å²) in [5.41, 5.74) is 0. The average molecular weight is 638 g/mol. The Bertz CT molecular complexity index is 455. The first-order chi connectivity index (χ1) is 19.6. The molecule has 0 fully saturated rings. The summed E-state index contributed by atoms with van der Waals surface area (Å²) in [6.45, 7) is 0.201. The van der Waals surface area contributed by atoms with E-state index in [1.165, 1.54) is 212 Å². The van der Waals surface area contributed by atoms with Crippen molar-refractivity contribution in [2.24, 2.45) is 0 Å². The summed E-state index contributed by atoms with van der Waals surface area (Å²) in [7, 11) is 0.